The highest BCUT2D eigenvalue weighted by atomic mass is 32.2. The first kappa shape index (κ1) is 25.2. The predicted octanol–water partition coefficient (Wildman–Crippen LogP) is 3.24. The third-order valence-corrected chi connectivity index (χ3v) is 5.93. The van der Waals surface area contributed by atoms with Gasteiger partial charge in [-0.15, -0.1) is 0 Å². The van der Waals surface area contributed by atoms with E-state index < -0.39 is 7.60 Å². The summed E-state index contributed by atoms with van der Waals surface area (Å²) in [4.78, 5) is 31.3. The van der Waals surface area contributed by atoms with E-state index >= 15 is 0 Å². The molecule has 0 aliphatic carbocycles. The Bertz CT molecular complexity index is 613. The molecule has 0 unspecified atom stereocenters. The molecule has 0 aromatic carbocycles. The van der Waals surface area contributed by atoms with Crippen molar-refractivity contribution in [3.05, 3.63) is 6.07 Å². The van der Waals surface area contributed by atoms with Crippen molar-refractivity contribution in [3.63, 3.8) is 0 Å². The van der Waals surface area contributed by atoms with Gasteiger partial charge in [0.2, 0.25) is 0 Å². The molecule has 0 atom stereocenters. The summed E-state index contributed by atoms with van der Waals surface area (Å²) in [6.07, 6.45) is 3.30. The molecule has 8 nitrogen and oxygen atoms in total. The molecule has 0 amide bonds. The third-order valence-electron chi connectivity index (χ3n) is 4.23. The SMILES string of the molecule is CCCCCSc1nc(N(C)CCOCCP(=O)(O)O)cc(N(CC)CC)n1. The van der Waals surface area contributed by atoms with Crippen LogP contribution < -0.4 is 9.80 Å². The lowest BCUT2D eigenvalue weighted by Crippen LogP contribution is -2.27. The topological polar surface area (TPSA) is 99.0 Å². The zero-order valence-corrected chi connectivity index (χ0v) is 19.2. The van der Waals surface area contributed by atoms with Crippen molar-refractivity contribution >= 4 is 31.0 Å². The molecule has 0 aliphatic heterocycles. The molecule has 0 aliphatic rings. The van der Waals surface area contributed by atoms with Crippen molar-refractivity contribution in [2.24, 2.45) is 0 Å². The van der Waals surface area contributed by atoms with Crippen molar-refractivity contribution < 1.29 is 19.1 Å². The molecular formula is C18H35N4O4PS. The second kappa shape index (κ2) is 13.4. The smallest absolute Gasteiger partial charge is 0.327 e. The summed E-state index contributed by atoms with van der Waals surface area (Å²) >= 11 is 1.69. The number of ether oxygens (including phenoxy) is 1. The quantitative estimate of drug-likeness (QED) is 0.186. The van der Waals surface area contributed by atoms with E-state index in [1.54, 1.807) is 11.8 Å². The Hall–Kier alpha value is -0.860. The number of unbranched alkanes of at least 4 members (excludes halogenated alkanes) is 2. The lowest BCUT2D eigenvalue weighted by molar-refractivity contribution is 0.152. The number of hydrogen-bond acceptors (Lipinski definition) is 7. The molecule has 0 saturated heterocycles. The molecular weight excluding hydrogens is 399 g/mol. The molecule has 2 N–H and O–H groups in total. The Morgan fingerprint density at radius 1 is 1.11 bits per heavy atom. The van der Waals surface area contributed by atoms with E-state index in [1.165, 1.54) is 12.8 Å². The molecule has 1 rings (SSSR count). The molecule has 0 fully saturated rings. The van der Waals surface area contributed by atoms with Crippen LogP contribution in [-0.2, 0) is 9.30 Å². The van der Waals surface area contributed by atoms with Crippen LogP contribution >= 0.6 is 19.4 Å². The zero-order valence-electron chi connectivity index (χ0n) is 17.5. The minimum Gasteiger partial charge on any atom is -0.379 e. The lowest BCUT2D eigenvalue weighted by atomic mass is 10.3. The Balaban J connectivity index is 2.74. The van der Waals surface area contributed by atoms with Gasteiger partial charge in [0.25, 0.3) is 0 Å². The highest BCUT2D eigenvalue weighted by molar-refractivity contribution is 7.99. The zero-order chi connectivity index (χ0) is 21.0. The summed E-state index contributed by atoms with van der Waals surface area (Å²) in [5.74, 6) is 2.75. The second-order valence-corrected chi connectivity index (χ2v) is 9.36. The Morgan fingerprint density at radius 2 is 1.79 bits per heavy atom. The van der Waals surface area contributed by atoms with Crippen LogP contribution in [0.2, 0.25) is 0 Å². The van der Waals surface area contributed by atoms with E-state index in [0.717, 1.165) is 42.1 Å². The molecule has 0 spiro atoms. The number of nitrogens with zero attached hydrogens (tertiary/aromatic N) is 4. The van der Waals surface area contributed by atoms with Crippen LogP contribution in [0.15, 0.2) is 11.2 Å². The van der Waals surface area contributed by atoms with Gasteiger partial charge in [0.1, 0.15) is 11.6 Å². The summed E-state index contributed by atoms with van der Waals surface area (Å²) in [5, 5.41) is 0.782. The van der Waals surface area contributed by atoms with Crippen LogP contribution in [0.3, 0.4) is 0 Å². The van der Waals surface area contributed by atoms with Crippen molar-refractivity contribution in [1.29, 1.82) is 0 Å². The maximum atomic E-state index is 10.9. The van der Waals surface area contributed by atoms with Gasteiger partial charge in [-0.25, -0.2) is 9.97 Å². The monoisotopic (exact) mass is 434 g/mol. The largest absolute Gasteiger partial charge is 0.379 e. The molecule has 28 heavy (non-hydrogen) atoms. The lowest BCUT2D eigenvalue weighted by Gasteiger charge is -2.24. The van der Waals surface area contributed by atoms with Crippen LogP contribution in [0.4, 0.5) is 11.6 Å². The maximum absolute atomic E-state index is 10.9. The molecule has 1 aromatic rings. The fourth-order valence-corrected chi connectivity index (χ4v) is 3.70. The van der Waals surface area contributed by atoms with E-state index in [4.69, 9.17) is 24.5 Å². The van der Waals surface area contributed by atoms with Crippen LogP contribution in [0.25, 0.3) is 0 Å². The number of thioether (sulfide) groups is 1. The summed E-state index contributed by atoms with van der Waals surface area (Å²) < 4.78 is 16.2. The molecule has 0 radical (unpaired) electrons. The first-order valence-electron chi connectivity index (χ1n) is 9.91. The molecule has 0 bridgehead atoms. The van der Waals surface area contributed by atoms with Gasteiger partial charge in [0, 0.05) is 38.5 Å². The van der Waals surface area contributed by atoms with Crippen LogP contribution in [-0.4, -0.2) is 71.6 Å². The van der Waals surface area contributed by atoms with Crippen LogP contribution in [0, 0.1) is 0 Å². The van der Waals surface area contributed by atoms with Gasteiger partial charge < -0.3 is 24.3 Å². The summed E-state index contributed by atoms with van der Waals surface area (Å²) in [5.41, 5.74) is 0. The van der Waals surface area contributed by atoms with Crippen molar-refractivity contribution in [3.8, 4) is 0 Å². The van der Waals surface area contributed by atoms with Crippen molar-refractivity contribution in [2.45, 2.75) is 45.2 Å². The second-order valence-electron chi connectivity index (χ2n) is 6.52. The number of anilines is 2. The highest BCUT2D eigenvalue weighted by Crippen LogP contribution is 2.33. The fraction of sp³-hybridized carbons (Fsp3) is 0.778. The third kappa shape index (κ3) is 10.1. The number of rotatable bonds is 15. The molecule has 1 aromatic heterocycles. The van der Waals surface area contributed by atoms with Crippen LogP contribution in [0.5, 0.6) is 0 Å². The van der Waals surface area contributed by atoms with Gasteiger partial charge in [-0.1, -0.05) is 31.5 Å². The van der Waals surface area contributed by atoms with Gasteiger partial charge in [0.05, 0.1) is 19.4 Å². The Morgan fingerprint density at radius 3 is 2.39 bits per heavy atom. The summed E-state index contributed by atoms with van der Waals surface area (Å²) in [7, 11) is -2.07. The average Bonchev–Trinajstić information content (AvgIpc) is 2.65. The molecule has 0 saturated carbocycles. The molecule has 10 heteroatoms. The van der Waals surface area contributed by atoms with Gasteiger partial charge in [-0.2, -0.15) is 0 Å². The standard InChI is InChI=1S/C18H35N4O4PS/c1-5-8-9-14-28-18-19-16(15-17(20-18)22(6-2)7-3)21(4)10-11-26-12-13-27(23,24)25/h15H,5-14H2,1-4H3,(H2,23,24,25). The minimum absolute atomic E-state index is 0.0467. The van der Waals surface area contributed by atoms with E-state index in [0.29, 0.717) is 13.2 Å². The highest BCUT2D eigenvalue weighted by Gasteiger charge is 2.14. The first-order chi connectivity index (χ1) is 13.3. The van der Waals surface area contributed by atoms with Gasteiger partial charge in [-0.3, -0.25) is 4.57 Å². The van der Waals surface area contributed by atoms with Gasteiger partial charge in [-0.05, 0) is 20.3 Å². The molecule has 1 heterocycles. The Labute approximate surface area is 173 Å². The number of likely N-dealkylation sites (N-methyl/N-ethyl adjacent to an activating group) is 1. The minimum atomic E-state index is -4.00. The van der Waals surface area contributed by atoms with E-state index in [1.807, 2.05) is 18.0 Å². The maximum Gasteiger partial charge on any atom is 0.327 e. The number of hydrogen-bond donors (Lipinski definition) is 2. The fourth-order valence-electron chi connectivity index (χ4n) is 2.49. The van der Waals surface area contributed by atoms with Gasteiger partial charge in [0.15, 0.2) is 5.16 Å². The van der Waals surface area contributed by atoms with Crippen molar-refractivity contribution in [2.75, 3.05) is 61.6 Å². The van der Waals surface area contributed by atoms with E-state index in [2.05, 4.69) is 25.7 Å². The average molecular weight is 435 g/mol. The predicted molar refractivity (Wildman–Crippen MR) is 117 cm³/mol. The Kier molecular flexibility index (Phi) is 12.0. The van der Waals surface area contributed by atoms with E-state index in [-0.39, 0.29) is 12.8 Å². The summed E-state index contributed by atoms with van der Waals surface area (Å²) in [6.45, 7) is 9.16. The number of aromatic nitrogens is 2. The normalized spacial score (nSPS) is 11.6. The van der Waals surface area contributed by atoms with Crippen LogP contribution in [0.1, 0.15) is 40.0 Å². The van der Waals surface area contributed by atoms with Gasteiger partial charge >= 0.3 is 7.60 Å². The van der Waals surface area contributed by atoms with Crippen molar-refractivity contribution in [1.82, 2.24) is 9.97 Å². The van der Waals surface area contributed by atoms with E-state index in [9.17, 15) is 4.57 Å². The summed E-state index contributed by atoms with van der Waals surface area (Å²) in [6, 6.07) is 1.98. The molecule has 162 valence electrons. The first-order valence-corrected chi connectivity index (χ1v) is 12.7.